The van der Waals surface area contributed by atoms with Gasteiger partial charge in [-0.3, -0.25) is 19.7 Å². The van der Waals surface area contributed by atoms with Crippen LogP contribution in [0.2, 0.25) is 0 Å². The predicted octanol–water partition coefficient (Wildman–Crippen LogP) is 1.62. The number of nitrogens with zero attached hydrogens (tertiary/aromatic N) is 5. The van der Waals surface area contributed by atoms with Crippen LogP contribution in [0, 0.1) is 5.92 Å². The lowest BCUT2D eigenvalue weighted by molar-refractivity contribution is -0.0770. The molecule has 1 spiro atoms. The molecule has 2 aliphatic heterocycles. The zero-order chi connectivity index (χ0) is 18.7. The average Bonchev–Trinajstić information content (AvgIpc) is 2.68. The fourth-order valence-electron chi connectivity index (χ4n) is 4.11. The minimum absolute atomic E-state index is 0.0318. The Morgan fingerprint density at radius 2 is 2.15 bits per heavy atom. The second kappa shape index (κ2) is 7.70. The third kappa shape index (κ3) is 3.84. The number of rotatable bonds is 5. The molecule has 0 radical (unpaired) electrons. The molecule has 1 amide bonds. The molecule has 0 bridgehead atoms. The van der Waals surface area contributed by atoms with E-state index in [2.05, 4.69) is 26.9 Å². The van der Waals surface area contributed by atoms with Gasteiger partial charge in [-0.1, -0.05) is 6.07 Å². The average molecular weight is 367 g/mol. The molecule has 0 saturated carbocycles. The van der Waals surface area contributed by atoms with Gasteiger partial charge in [0.05, 0.1) is 30.6 Å². The third-order valence-corrected chi connectivity index (χ3v) is 5.72. The monoisotopic (exact) mass is 367 g/mol. The maximum absolute atomic E-state index is 12.5. The molecule has 2 aromatic rings. The summed E-state index contributed by atoms with van der Waals surface area (Å²) in [7, 11) is 2.16. The van der Waals surface area contributed by atoms with Crippen molar-refractivity contribution in [3.63, 3.8) is 0 Å². The van der Waals surface area contributed by atoms with Crippen LogP contribution in [0.15, 0.2) is 43.0 Å². The smallest absolute Gasteiger partial charge is 0.274 e. The Labute approximate surface area is 159 Å². The summed E-state index contributed by atoms with van der Waals surface area (Å²) in [5, 5.41) is 0. The van der Waals surface area contributed by atoms with Crippen molar-refractivity contribution in [3.8, 4) is 0 Å². The summed E-state index contributed by atoms with van der Waals surface area (Å²) in [6, 6.07) is 5.88. The molecular weight excluding hydrogens is 342 g/mol. The molecule has 7 heteroatoms. The van der Waals surface area contributed by atoms with Crippen molar-refractivity contribution in [1.29, 1.82) is 0 Å². The maximum atomic E-state index is 12.5. The van der Waals surface area contributed by atoms with Crippen LogP contribution in [0.1, 0.15) is 29.0 Å². The molecule has 2 aliphatic rings. The van der Waals surface area contributed by atoms with E-state index >= 15 is 0 Å². The van der Waals surface area contributed by atoms with Crippen LogP contribution in [-0.2, 0) is 11.3 Å². The van der Waals surface area contributed by atoms with Gasteiger partial charge < -0.3 is 9.64 Å². The number of pyridine rings is 1. The lowest BCUT2D eigenvalue weighted by Crippen LogP contribution is -2.72. The fraction of sp³-hybridized carbons (Fsp3) is 0.500. The Hall–Kier alpha value is -2.38. The van der Waals surface area contributed by atoms with Crippen LogP contribution >= 0.6 is 0 Å². The topological polar surface area (TPSA) is 71.5 Å². The molecule has 0 aliphatic carbocycles. The molecular formula is C20H25N5O2. The zero-order valence-corrected chi connectivity index (χ0v) is 15.6. The van der Waals surface area contributed by atoms with Crippen molar-refractivity contribution in [3.05, 3.63) is 54.4 Å². The highest BCUT2D eigenvalue weighted by molar-refractivity contribution is 5.92. The molecule has 0 aromatic carbocycles. The summed E-state index contributed by atoms with van der Waals surface area (Å²) in [6.45, 7) is 3.82. The normalized spacial score (nSPS) is 21.8. The van der Waals surface area contributed by atoms with Crippen LogP contribution in [-0.4, -0.2) is 69.5 Å². The van der Waals surface area contributed by atoms with Crippen molar-refractivity contribution in [1.82, 2.24) is 24.8 Å². The summed E-state index contributed by atoms with van der Waals surface area (Å²) >= 11 is 0. The number of likely N-dealkylation sites (N-methyl/N-ethyl adjacent to an activating group) is 1. The van der Waals surface area contributed by atoms with Crippen molar-refractivity contribution in [2.75, 3.05) is 33.3 Å². The summed E-state index contributed by atoms with van der Waals surface area (Å²) in [6.07, 6.45) is 8.64. The highest BCUT2D eigenvalue weighted by Crippen LogP contribution is 2.38. The van der Waals surface area contributed by atoms with Crippen molar-refractivity contribution in [2.45, 2.75) is 25.0 Å². The minimum atomic E-state index is -0.0318. The second-order valence-corrected chi connectivity index (χ2v) is 7.59. The van der Waals surface area contributed by atoms with Gasteiger partial charge in [-0.05, 0) is 44.5 Å². The number of likely N-dealkylation sites (tertiary alicyclic amines) is 2. The first-order valence-electron chi connectivity index (χ1n) is 9.40. The van der Waals surface area contributed by atoms with E-state index in [0.717, 1.165) is 44.8 Å². The molecule has 27 heavy (non-hydrogen) atoms. The van der Waals surface area contributed by atoms with E-state index in [4.69, 9.17) is 4.74 Å². The highest BCUT2D eigenvalue weighted by Gasteiger charge is 2.51. The Balaban J connectivity index is 1.30. The number of piperidine rings is 1. The van der Waals surface area contributed by atoms with E-state index in [1.165, 1.54) is 6.20 Å². The lowest BCUT2D eigenvalue weighted by atomic mass is 9.75. The first-order valence-corrected chi connectivity index (χ1v) is 9.40. The summed E-state index contributed by atoms with van der Waals surface area (Å²) in [5.41, 5.74) is 1.44. The molecule has 4 rings (SSSR count). The first-order chi connectivity index (χ1) is 13.2. The SMILES string of the molecule is CN1CC[C@@H](COCc2ccccn2)CC12CN(C(=O)c1cnccn1)C2. The van der Waals surface area contributed by atoms with Gasteiger partial charge in [0, 0.05) is 31.7 Å². The number of hydrogen-bond acceptors (Lipinski definition) is 6. The van der Waals surface area contributed by atoms with Gasteiger partial charge in [-0.2, -0.15) is 0 Å². The van der Waals surface area contributed by atoms with E-state index in [1.807, 2.05) is 23.1 Å². The second-order valence-electron chi connectivity index (χ2n) is 7.59. The molecule has 7 nitrogen and oxygen atoms in total. The minimum Gasteiger partial charge on any atom is -0.375 e. The standard InChI is InChI=1S/C20H25N5O2/c1-24-9-5-16(12-27-13-17-4-2-3-6-22-17)10-20(24)14-25(15-20)19(26)18-11-21-7-8-23-18/h2-4,6-8,11,16H,5,9-10,12-15H2,1H3/t16-/m1/s1. The van der Waals surface area contributed by atoms with E-state index in [9.17, 15) is 4.79 Å². The van der Waals surface area contributed by atoms with Gasteiger partial charge in [0.2, 0.25) is 0 Å². The number of carbonyl (C=O) groups is 1. The number of hydrogen-bond donors (Lipinski definition) is 0. The van der Waals surface area contributed by atoms with Gasteiger partial charge in [0.15, 0.2) is 0 Å². The summed E-state index contributed by atoms with van der Waals surface area (Å²) < 4.78 is 5.92. The van der Waals surface area contributed by atoms with Crippen LogP contribution < -0.4 is 0 Å². The molecule has 1 atom stereocenters. The largest absolute Gasteiger partial charge is 0.375 e. The van der Waals surface area contributed by atoms with Gasteiger partial charge in [-0.15, -0.1) is 0 Å². The summed E-state index contributed by atoms with van der Waals surface area (Å²) in [4.78, 5) is 29.2. The lowest BCUT2D eigenvalue weighted by Gasteiger charge is -2.58. The zero-order valence-electron chi connectivity index (χ0n) is 15.6. The molecule has 2 fully saturated rings. The molecule has 142 valence electrons. The van der Waals surface area contributed by atoms with E-state index < -0.39 is 0 Å². The van der Waals surface area contributed by atoms with Crippen LogP contribution in [0.5, 0.6) is 0 Å². The van der Waals surface area contributed by atoms with Gasteiger partial charge in [-0.25, -0.2) is 4.98 Å². The Kier molecular flexibility index (Phi) is 5.13. The number of amides is 1. The predicted molar refractivity (Wildman–Crippen MR) is 99.9 cm³/mol. The Morgan fingerprint density at radius 3 is 2.89 bits per heavy atom. The van der Waals surface area contributed by atoms with Crippen molar-refractivity contribution < 1.29 is 9.53 Å². The van der Waals surface area contributed by atoms with Crippen LogP contribution in [0.25, 0.3) is 0 Å². The molecule has 2 saturated heterocycles. The van der Waals surface area contributed by atoms with Crippen LogP contribution in [0.4, 0.5) is 0 Å². The van der Waals surface area contributed by atoms with E-state index in [-0.39, 0.29) is 11.4 Å². The Bertz CT molecular complexity index is 764. The van der Waals surface area contributed by atoms with E-state index in [0.29, 0.717) is 18.2 Å². The number of aromatic nitrogens is 3. The highest BCUT2D eigenvalue weighted by atomic mass is 16.5. The van der Waals surface area contributed by atoms with E-state index in [1.54, 1.807) is 18.6 Å². The quantitative estimate of drug-likeness (QED) is 0.800. The van der Waals surface area contributed by atoms with Gasteiger partial charge in [0.25, 0.3) is 5.91 Å². The Morgan fingerprint density at radius 1 is 1.26 bits per heavy atom. The van der Waals surface area contributed by atoms with Gasteiger partial charge >= 0.3 is 0 Å². The third-order valence-electron chi connectivity index (χ3n) is 5.72. The van der Waals surface area contributed by atoms with Gasteiger partial charge in [0.1, 0.15) is 5.69 Å². The molecule has 4 heterocycles. The van der Waals surface area contributed by atoms with Crippen LogP contribution in [0.3, 0.4) is 0 Å². The number of ether oxygens (including phenoxy) is 1. The summed E-state index contributed by atoms with van der Waals surface area (Å²) in [5.74, 6) is 0.481. The fourth-order valence-corrected chi connectivity index (χ4v) is 4.11. The first kappa shape index (κ1) is 18.0. The maximum Gasteiger partial charge on any atom is 0.274 e. The van der Waals surface area contributed by atoms with Crippen molar-refractivity contribution in [2.24, 2.45) is 5.92 Å². The molecule has 0 unspecified atom stereocenters. The number of carbonyl (C=O) groups excluding carboxylic acids is 1. The molecule has 0 N–H and O–H groups in total. The molecule has 2 aromatic heterocycles. The van der Waals surface area contributed by atoms with Crippen molar-refractivity contribution >= 4 is 5.91 Å².